The highest BCUT2D eigenvalue weighted by molar-refractivity contribution is 6.30. The van der Waals surface area contributed by atoms with Crippen LogP contribution in [-0.2, 0) is 6.42 Å². The molecule has 0 fully saturated rings. The first-order valence-electron chi connectivity index (χ1n) is 5.94. The third-order valence-electron chi connectivity index (χ3n) is 2.56. The third kappa shape index (κ3) is 4.88. The number of hydrogen-bond donors (Lipinski definition) is 1. The largest absolute Gasteiger partial charge is 0.317 e. The molecular weight excluding hydrogens is 237 g/mol. The number of halogens is 2. The Bertz CT molecular complexity index is 388. The average molecular weight is 256 g/mol. The molecule has 0 aliphatic heterocycles. The number of hydrogen-bond acceptors (Lipinski definition) is 1. The first-order valence-corrected chi connectivity index (χ1v) is 6.32. The van der Waals surface area contributed by atoms with Crippen LogP contribution in [-0.4, -0.2) is 13.1 Å². The van der Waals surface area contributed by atoms with Crippen LogP contribution in [0, 0.1) is 5.82 Å². The van der Waals surface area contributed by atoms with Gasteiger partial charge in [0.15, 0.2) is 0 Å². The molecule has 1 nitrogen and oxygen atoms in total. The Hall–Kier alpha value is -0.860. The number of nitrogens with one attached hydrogen (secondary N) is 1. The SMILES string of the molecule is CCNCC/C=C(/C)Cc1cccc(Cl)c1F. The lowest BCUT2D eigenvalue weighted by molar-refractivity contribution is 0.613. The average Bonchev–Trinajstić information content (AvgIpc) is 2.31. The van der Waals surface area contributed by atoms with Crippen LogP contribution in [0.15, 0.2) is 29.8 Å². The molecule has 1 rings (SSSR count). The Balaban J connectivity index is 2.55. The summed E-state index contributed by atoms with van der Waals surface area (Å²) in [6, 6.07) is 5.14. The normalized spacial score (nSPS) is 11.9. The lowest BCUT2D eigenvalue weighted by atomic mass is 10.0. The first kappa shape index (κ1) is 14.2. The zero-order valence-corrected chi connectivity index (χ0v) is 11.1. The lowest BCUT2D eigenvalue weighted by Crippen LogP contribution is -2.13. The molecular formula is C14H19ClFN. The van der Waals surface area contributed by atoms with Gasteiger partial charge in [-0.05, 0) is 44.5 Å². The highest BCUT2D eigenvalue weighted by atomic mass is 35.5. The summed E-state index contributed by atoms with van der Waals surface area (Å²) in [4.78, 5) is 0. The van der Waals surface area contributed by atoms with Gasteiger partial charge >= 0.3 is 0 Å². The van der Waals surface area contributed by atoms with Gasteiger partial charge in [-0.3, -0.25) is 0 Å². The van der Waals surface area contributed by atoms with Gasteiger partial charge in [-0.1, -0.05) is 42.3 Å². The molecule has 0 bridgehead atoms. The van der Waals surface area contributed by atoms with E-state index >= 15 is 0 Å². The summed E-state index contributed by atoms with van der Waals surface area (Å²) < 4.78 is 13.6. The predicted molar refractivity (Wildman–Crippen MR) is 72.0 cm³/mol. The number of benzene rings is 1. The summed E-state index contributed by atoms with van der Waals surface area (Å²) in [7, 11) is 0. The number of rotatable bonds is 6. The maximum atomic E-state index is 13.6. The molecule has 3 heteroatoms. The molecule has 1 aromatic rings. The Morgan fingerprint density at radius 2 is 2.24 bits per heavy atom. The standard InChI is InChI=1S/C14H19ClFN/c1-3-17-9-5-6-11(2)10-12-7-4-8-13(15)14(12)16/h4,6-8,17H,3,5,9-10H2,1-2H3/b11-6-. The van der Waals surface area contributed by atoms with E-state index in [0.717, 1.165) is 19.5 Å². The first-order chi connectivity index (χ1) is 8.15. The molecule has 0 aromatic heterocycles. The fourth-order valence-electron chi connectivity index (χ4n) is 1.65. The summed E-state index contributed by atoms with van der Waals surface area (Å²) in [6.45, 7) is 6.05. The maximum absolute atomic E-state index is 13.6. The zero-order valence-electron chi connectivity index (χ0n) is 10.4. The van der Waals surface area contributed by atoms with Crippen molar-refractivity contribution in [2.24, 2.45) is 0 Å². The zero-order chi connectivity index (χ0) is 12.7. The van der Waals surface area contributed by atoms with Crippen LogP contribution in [0.2, 0.25) is 5.02 Å². The summed E-state index contributed by atoms with van der Waals surface area (Å²) in [5.74, 6) is -0.298. The van der Waals surface area contributed by atoms with Crippen molar-refractivity contribution in [3.05, 3.63) is 46.3 Å². The minimum Gasteiger partial charge on any atom is -0.317 e. The summed E-state index contributed by atoms with van der Waals surface area (Å²) in [6.07, 6.45) is 3.74. The van der Waals surface area contributed by atoms with E-state index in [1.807, 2.05) is 6.92 Å². The van der Waals surface area contributed by atoms with Crippen molar-refractivity contribution in [1.82, 2.24) is 5.32 Å². The molecule has 0 radical (unpaired) electrons. The van der Waals surface area contributed by atoms with E-state index in [1.165, 1.54) is 5.57 Å². The predicted octanol–water partition coefficient (Wildman–Crippen LogP) is 3.97. The van der Waals surface area contributed by atoms with E-state index in [1.54, 1.807) is 18.2 Å². The van der Waals surface area contributed by atoms with Crippen LogP contribution in [0.4, 0.5) is 4.39 Å². The van der Waals surface area contributed by atoms with Crippen LogP contribution in [0.5, 0.6) is 0 Å². The van der Waals surface area contributed by atoms with Crippen molar-refractivity contribution < 1.29 is 4.39 Å². The van der Waals surface area contributed by atoms with Crippen LogP contribution in [0.3, 0.4) is 0 Å². The van der Waals surface area contributed by atoms with Gasteiger partial charge < -0.3 is 5.32 Å². The Kier molecular flexibility index (Phi) is 6.23. The van der Waals surface area contributed by atoms with Crippen LogP contribution in [0.1, 0.15) is 25.8 Å². The molecule has 0 spiro atoms. The van der Waals surface area contributed by atoms with E-state index in [-0.39, 0.29) is 10.8 Å². The monoisotopic (exact) mass is 255 g/mol. The fourth-order valence-corrected chi connectivity index (χ4v) is 1.85. The van der Waals surface area contributed by atoms with Gasteiger partial charge in [0.1, 0.15) is 5.82 Å². The van der Waals surface area contributed by atoms with Crippen molar-refractivity contribution in [1.29, 1.82) is 0 Å². The van der Waals surface area contributed by atoms with Gasteiger partial charge in [0.25, 0.3) is 0 Å². The molecule has 0 aliphatic rings. The van der Waals surface area contributed by atoms with Gasteiger partial charge in [0, 0.05) is 0 Å². The molecule has 0 atom stereocenters. The van der Waals surface area contributed by atoms with Crippen molar-refractivity contribution >= 4 is 11.6 Å². The Labute approximate surface area is 108 Å². The van der Waals surface area contributed by atoms with E-state index in [4.69, 9.17) is 11.6 Å². The molecule has 0 saturated heterocycles. The van der Waals surface area contributed by atoms with Crippen LogP contribution < -0.4 is 5.32 Å². The molecule has 0 unspecified atom stereocenters. The molecule has 1 N–H and O–H groups in total. The fraction of sp³-hybridized carbons (Fsp3) is 0.429. The molecule has 1 aromatic carbocycles. The lowest BCUT2D eigenvalue weighted by Gasteiger charge is -2.05. The molecule has 0 amide bonds. The maximum Gasteiger partial charge on any atom is 0.145 e. The Morgan fingerprint density at radius 1 is 1.47 bits per heavy atom. The summed E-state index contributed by atoms with van der Waals surface area (Å²) >= 11 is 5.74. The van der Waals surface area contributed by atoms with E-state index < -0.39 is 0 Å². The number of allylic oxidation sites excluding steroid dienone is 1. The van der Waals surface area contributed by atoms with E-state index in [9.17, 15) is 4.39 Å². The molecule has 0 aliphatic carbocycles. The van der Waals surface area contributed by atoms with Crippen molar-refractivity contribution in [3.8, 4) is 0 Å². The third-order valence-corrected chi connectivity index (χ3v) is 2.86. The smallest absolute Gasteiger partial charge is 0.145 e. The molecule has 0 heterocycles. The topological polar surface area (TPSA) is 12.0 Å². The van der Waals surface area contributed by atoms with Gasteiger partial charge in [-0.2, -0.15) is 0 Å². The van der Waals surface area contributed by atoms with E-state index in [0.29, 0.717) is 12.0 Å². The molecule has 0 saturated carbocycles. The highest BCUT2D eigenvalue weighted by Crippen LogP contribution is 2.20. The van der Waals surface area contributed by atoms with Crippen molar-refractivity contribution in [2.75, 3.05) is 13.1 Å². The molecule has 17 heavy (non-hydrogen) atoms. The van der Waals surface area contributed by atoms with Crippen LogP contribution >= 0.6 is 11.6 Å². The van der Waals surface area contributed by atoms with Crippen molar-refractivity contribution in [2.45, 2.75) is 26.7 Å². The van der Waals surface area contributed by atoms with E-state index in [2.05, 4.69) is 18.3 Å². The highest BCUT2D eigenvalue weighted by Gasteiger charge is 2.05. The van der Waals surface area contributed by atoms with Gasteiger partial charge in [-0.15, -0.1) is 0 Å². The minimum atomic E-state index is -0.298. The van der Waals surface area contributed by atoms with Gasteiger partial charge in [0.05, 0.1) is 5.02 Å². The second kappa shape index (κ2) is 7.46. The molecule has 94 valence electrons. The summed E-state index contributed by atoms with van der Waals surface area (Å²) in [5, 5.41) is 3.45. The van der Waals surface area contributed by atoms with Crippen molar-refractivity contribution in [3.63, 3.8) is 0 Å². The minimum absolute atomic E-state index is 0.197. The summed E-state index contributed by atoms with van der Waals surface area (Å²) in [5.41, 5.74) is 1.83. The van der Waals surface area contributed by atoms with Gasteiger partial charge in [0.2, 0.25) is 0 Å². The Morgan fingerprint density at radius 3 is 2.94 bits per heavy atom. The quantitative estimate of drug-likeness (QED) is 0.599. The van der Waals surface area contributed by atoms with Crippen LogP contribution in [0.25, 0.3) is 0 Å². The second-order valence-electron chi connectivity index (χ2n) is 4.08. The second-order valence-corrected chi connectivity index (χ2v) is 4.49. The van der Waals surface area contributed by atoms with Gasteiger partial charge in [-0.25, -0.2) is 4.39 Å².